The lowest BCUT2D eigenvalue weighted by molar-refractivity contribution is -0.165. The number of likely N-dealkylation sites (N-methyl/N-ethyl adjacent to an activating group) is 1. The summed E-state index contributed by atoms with van der Waals surface area (Å²) in [7, 11) is 3.93. The summed E-state index contributed by atoms with van der Waals surface area (Å²) >= 11 is 0. The van der Waals surface area contributed by atoms with E-state index < -0.39 is 17.8 Å². The quantitative estimate of drug-likeness (QED) is 0.705. The second kappa shape index (κ2) is 7.15. The van der Waals surface area contributed by atoms with E-state index >= 15 is 0 Å². The van der Waals surface area contributed by atoms with E-state index in [1.807, 2.05) is 31.1 Å². The van der Waals surface area contributed by atoms with Crippen molar-refractivity contribution in [3.05, 3.63) is 64.8 Å². The molecule has 6 rings (SSSR count). The van der Waals surface area contributed by atoms with Crippen molar-refractivity contribution in [1.29, 1.82) is 5.26 Å². The molecular formula is C29H34N2O3. The summed E-state index contributed by atoms with van der Waals surface area (Å²) in [6.45, 7) is 4.68. The lowest BCUT2D eigenvalue weighted by Gasteiger charge is -2.57. The van der Waals surface area contributed by atoms with Crippen molar-refractivity contribution in [3.63, 3.8) is 0 Å². The number of nitrogens with zero attached hydrogens (tertiary/aromatic N) is 2. The van der Waals surface area contributed by atoms with Gasteiger partial charge in [0.05, 0.1) is 28.9 Å². The molecule has 178 valence electrons. The largest absolute Gasteiger partial charge is 0.388 e. The average molecular weight is 459 g/mol. The topological polar surface area (TPSA) is 76.7 Å². The van der Waals surface area contributed by atoms with Crippen LogP contribution in [-0.2, 0) is 4.74 Å². The van der Waals surface area contributed by atoms with Crippen molar-refractivity contribution in [2.75, 3.05) is 14.1 Å². The van der Waals surface area contributed by atoms with E-state index in [-0.39, 0.29) is 23.0 Å². The summed E-state index contributed by atoms with van der Waals surface area (Å²) in [5, 5.41) is 31.2. The fraction of sp³-hybridized carbons (Fsp3) is 0.552. The number of hydrogen-bond donors (Lipinski definition) is 2. The summed E-state index contributed by atoms with van der Waals surface area (Å²) in [5.74, 6) is 0.593. The van der Waals surface area contributed by atoms with E-state index in [4.69, 9.17) is 4.74 Å². The third kappa shape index (κ3) is 2.63. The van der Waals surface area contributed by atoms with Crippen LogP contribution in [0.25, 0.3) is 5.57 Å². The van der Waals surface area contributed by atoms with Gasteiger partial charge >= 0.3 is 0 Å². The van der Waals surface area contributed by atoms with Crippen LogP contribution in [-0.4, -0.2) is 58.7 Å². The zero-order valence-electron chi connectivity index (χ0n) is 20.5. The second-order valence-electron chi connectivity index (χ2n) is 11.5. The molecule has 1 saturated carbocycles. The number of rotatable bonds is 2. The first kappa shape index (κ1) is 22.2. The number of aliphatic hydroxyl groups is 2. The maximum absolute atomic E-state index is 11.1. The van der Waals surface area contributed by atoms with Crippen LogP contribution in [0.15, 0.2) is 53.6 Å². The van der Waals surface area contributed by atoms with Gasteiger partial charge in [0.2, 0.25) is 0 Å². The lowest BCUT2D eigenvalue weighted by atomic mass is 9.54. The molecule has 2 heterocycles. The maximum atomic E-state index is 11.1. The van der Waals surface area contributed by atoms with Crippen molar-refractivity contribution in [2.45, 2.75) is 69.0 Å². The van der Waals surface area contributed by atoms with Gasteiger partial charge in [0.15, 0.2) is 0 Å². The Morgan fingerprint density at radius 1 is 1.15 bits per heavy atom. The first-order chi connectivity index (χ1) is 16.2. The number of nitriles is 1. The van der Waals surface area contributed by atoms with Crippen LogP contribution < -0.4 is 0 Å². The van der Waals surface area contributed by atoms with Gasteiger partial charge < -0.3 is 19.8 Å². The standard InChI is InChI=1S/C29H34N2O3/c1-17-13-20-14-22-25(32)26(33)23(31(3)4)15-28(22)11-12-29(20,34-28)24-10-9-21(27(17,24)2)19-7-5-18(16-30)6-8-19/h5-9,13-14,17,23-26,32-33H,10-12,15H2,1-4H3. The Kier molecular flexibility index (Phi) is 4.68. The van der Waals surface area contributed by atoms with E-state index in [0.29, 0.717) is 17.9 Å². The van der Waals surface area contributed by atoms with Gasteiger partial charge in [-0.3, -0.25) is 0 Å². The van der Waals surface area contributed by atoms with Crippen LogP contribution >= 0.6 is 0 Å². The molecule has 1 aromatic carbocycles. The molecule has 0 radical (unpaired) electrons. The number of hydrogen-bond acceptors (Lipinski definition) is 5. The van der Waals surface area contributed by atoms with Gasteiger partial charge in [-0.1, -0.05) is 44.2 Å². The normalized spacial score (nSPS) is 44.4. The van der Waals surface area contributed by atoms with Crippen molar-refractivity contribution in [2.24, 2.45) is 17.3 Å². The molecule has 2 N–H and O–H groups in total. The highest BCUT2D eigenvalue weighted by Crippen LogP contribution is 2.68. The van der Waals surface area contributed by atoms with Gasteiger partial charge in [0.1, 0.15) is 6.10 Å². The molecule has 5 heteroatoms. The maximum Gasteiger partial charge on any atom is 0.105 e. The molecule has 5 aliphatic rings. The van der Waals surface area contributed by atoms with E-state index in [0.717, 1.165) is 24.8 Å². The molecule has 0 amide bonds. The predicted octanol–water partition coefficient (Wildman–Crippen LogP) is 3.83. The third-order valence-electron chi connectivity index (χ3n) is 9.97. The monoisotopic (exact) mass is 458 g/mol. The van der Waals surface area contributed by atoms with Gasteiger partial charge in [-0.2, -0.15) is 5.26 Å². The molecular weight excluding hydrogens is 424 g/mol. The highest BCUT2D eigenvalue weighted by atomic mass is 16.5. The summed E-state index contributed by atoms with van der Waals surface area (Å²) < 4.78 is 7.22. The molecule has 2 aliphatic heterocycles. The van der Waals surface area contributed by atoms with Crippen LogP contribution in [0.3, 0.4) is 0 Å². The Balaban J connectivity index is 1.44. The number of benzene rings is 1. The second-order valence-corrected chi connectivity index (χ2v) is 11.5. The summed E-state index contributed by atoms with van der Waals surface area (Å²) in [6, 6.07) is 10.1. The Bertz CT molecular complexity index is 1170. The molecule has 8 unspecified atom stereocenters. The fourth-order valence-corrected chi connectivity index (χ4v) is 7.98. The van der Waals surface area contributed by atoms with Gasteiger partial charge in [0, 0.05) is 17.4 Å². The molecule has 3 aliphatic carbocycles. The molecule has 1 aromatic rings. The van der Waals surface area contributed by atoms with Gasteiger partial charge in [0.25, 0.3) is 0 Å². The van der Waals surface area contributed by atoms with Crippen LogP contribution in [0, 0.1) is 28.6 Å². The van der Waals surface area contributed by atoms with Gasteiger partial charge in [-0.05, 0) is 80.1 Å². The number of fused-ring (bicyclic) bond motifs is 1. The minimum atomic E-state index is -0.905. The van der Waals surface area contributed by atoms with E-state index in [9.17, 15) is 15.5 Å². The zero-order chi connectivity index (χ0) is 24.0. The molecule has 8 atom stereocenters. The molecule has 1 saturated heterocycles. The highest BCUT2D eigenvalue weighted by Gasteiger charge is 2.68. The smallest absolute Gasteiger partial charge is 0.105 e. The van der Waals surface area contributed by atoms with Crippen molar-refractivity contribution in [3.8, 4) is 6.07 Å². The molecule has 2 fully saturated rings. The first-order valence-corrected chi connectivity index (χ1v) is 12.5. The molecule has 2 bridgehead atoms. The number of aliphatic hydroxyl groups excluding tert-OH is 2. The molecule has 2 spiro atoms. The number of ether oxygens (including phenoxy) is 1. The SMILES string of the molecule is CC1C=C2C=C3C(O)C(O)C(N(C)C)CC34CCC2(O4)C2CC=C(c3ccc(C#N)cc3)C12C. The van der Waals surface area contributed by atoms with Crippen molar-refractivity contribution in [1.82, 2.24) is 4.90 Å². The minimum absolute atomic E-state index is 0.0811. The molecule has 34 heavy (non-hydrogen) atoms. The van der Waals surface area contributed by atoms with Gasteiger partial charge in [-0.25, -0.2) is 0 Å². The Labute approximate surface area is 202 Å². The van der Waals surface area contributed by atoms with E-state index in [1.165, 1.54) is 16.7 Å². The minimum Gasteiger partial charge on any atom is -0.388 e. The Morgan fingerprint density at radius 2 is 1.88 bits per heavy atom. The number of allylic oxidation sites excluding steroid dienone is 3. The summed E-state index contributed by atoms with van der Waals surface area (Å²) in [4.78, 5) is 2.02. The third-order valence-corrected chi connectivity index (χ3v) is 9.97. The van der Waals surface area contributed by atoms with Crippen LogP contribution in [0.2, 0.25) is 0 Å². The molecule has 0 aromatic heterocycles. The Morgan fingerprint density at radius 3 is 2.56 bits per heavy atom. The first-order valence-electron chi connectivity index (χ1n) is 12.5. The highest BCUT2D eigenvalue weighted by molar-refractivity contribution is 5.75. The lowest BCUT2D eigenvalue weighted by Crippen LogP contribution is -2.62. The fourth-order valence-electron chi connectivity index (χ4n) is 7.98. The van der Waals surface area contributed by atoms with E-state index in [2.05, 4.69) is 50.3 Å². The zero-order valence-corrected chi connectivity index (χ0v) is 20.5. The predicted molar refractivity (Wildman–Crippen MR) is 131 cm³/mol. The van der Waals surface area contributed by atoms with E-state index in [1.54, 1.807) is 0 Å². The van der Waals surface area contributed by atoms with Crippen LogP contribution in [0.1, 0.15) is 50.7 Å². The molecule has 5 nitrogen and oxygen atoms in total. The Hall–Kier alpha value is -2.23. The van der Waals surface area contributed by atoms with Crippen molar-refractivity contribution < 1.29 is 14.9 Å². The summed E-state index contributed by atoms with van der Waals surface area (Å²) in [6.07, 6.45) is 8.68. The van der Waals surface area contributed by atoms with Crippen LogP contribution in [0.5, 0.6) is 0 Å². The average Bonchev–Trinajstić information content (AvgIpc) is 3.35. The summed E-state index contributed by atoms with van der Waals surface area (Å²) in [5.41, 5.74) is 4.32. The van der Waals surface area contributed by atoms with Crippen molar-refractivity contribution >= 4 is 5.57 Å². The van der Waals surface area contributed by atoms with Gasteiger partial charge in [-0.15, -0.1) is 0 Å². The van der Waals surface area contributed by atoms with Crippen LogP contribution in [0.4, 0.5) is 0 Å².